The molecule has 1 aromatic heterocycles. The minimum Gasteiger partial charge on any atom is -0.465 e. The standard InChI is InChI=1S/C17H17ClN2O3/c1-11-7-8-12(22-11)10-19-16(21)17(2)9-15(20-23-17)13-5-3-4-6-14(13)18/h3-8H,9-10H2,1-2H3,(H,19,21)/t17-/m0/s1. The average molecular weight is 333 g/mol. The van der Waals surface area contributed by atoms with Gasteiger partial charge >= 0.3 is 0 Å². The molecule has 0 aliphatic carbocycles. The fourth-order valence-corrected chi connectivity index (χ4v) is 2.68. The van der Waals surface area contributed by atoms with Gasteiger partial charge in [-0.1, -0.05) is 35.0 Å². The van der Waals surface area contributed by atoms with E-state index in [4.69, 9.17) is 20.9 Å². The quantitative estimate of drug-likeness (QED) is 0.932. The molecule has 0 spiro atoms. The van der Waals surface area contributed by atoms with Gasteiger partial charge in [0.1, 0.15) is 11.5 Å². The third-order valence-electron chi connectivity index (χ3n) is 3.75. The Balaban J connectivity index is 1.65. The second-order valence-electron chi connectivity index (χ2n) is 5.71. The highest BCUT2D eigenvalue weighted by molar-refractivity contribution is 6.34. The van der Waals surface area contributed by atoms with Crippen molar-refractivity contribution in [3.05, 3.63) is 58.5 Å². The molecule has 1 aliphatic rings. The number of nitrogens with one attached hydrogen (secondary N) is 1. The van der Waals surface area contributed by atoms with Gasteiger partial charge in [-0.15, -0.1) is 0 Å². The number of oxime groups is 1. The Morgan fingerprint density at radius 3 is 2.83 bits per heavy atom. The van der Waals surface area contributed by atoms with Crippen molar-refractivity contribution < 1.29 is 14.0 Å². The topological polar surface area (TPSA) is 63.8 Å². The molecule has 1 atom stereocenters. The lowest BCUT2D eigenvalue weighted by Gasteiger charge is -2.20. The Labute approximate surface area is 139 Å². The minimum absolute atomic E-state index is 0.239. The third-order valence-corrected chi connectivity index (χ3v) is 4.08. The molecule has 0 radical (unpaired) electrons. The Bertz CT molecular complexity index is 769. The predicted octanol–water partition coefficient (Wildman–Crippen LogP) is 3.44. The number of hydrogen-bond donors (Lipinski definition) is 1. The molecule has 1 amide bonds. The summed E-state index contributed by atoms with van der Waals surface area (Å²) in [5, 5.41) is 7.45. The van der Waals surface area contributed by atoms with E-state index in [2.05, 4.69) is 10.5 Å². The summed E-state index contributed by atoms with van der Waals surface area (Å²) in [6, 6.07) is 11.1. The second-order valence-corrected chi connectivity index (χ2v) is 6.12. The van der Waals surface area contributed by atoms with Crippen molar-refractivity contribution in [2.75, 3.05) is 0 Å². The molecular formula is C17H17ClN2O3. The first-order chi connectivity index (χ1) is 11.0. The van der Waals surface area contributed by atoms with E-state index < -0.39 is 5.60 Å². The summed E-state index contributed by atoms with van der Waals surface area (Å²) in [4.78, 5) is 17.8. The van der Waals surface area contributed by atoms with E-state index >= 15 is 0 Å². The summed E-state index contributed by atoms with van der Waals surface area (Å²) in [6.45, 7) is 3.88. The molecule has 6 heteroatoms. The first-order valence-corrected chi connectivity index (χ1v) is 7.69. The Morgan fingerprint density at radius 2 is 2.13 bits per heavy atom. The lowest BCUT2D eigenvalue weighted by molar-refractivity contribution is -0.142. The number of halogens is 1. The van der Waals surface area contributed by atoms with Crippen molar-refractivity contribution in [1.29, 1.82) is 0 Å². The van der Waals surface area contributed by atoms with E-state index in [0.717, 1.165) is 11.3 Å². The molecule has 1 aromatic carbocycles. The van der Waals surface area contributed by atoms with Crippen molar-refractivity contribution in [3.8, 4) is 0 Å². The van der Waals surface area contributed by atoms with Crippen LogP contribution in [-0.4, -0.2) is 17.2 Å². The molecule has 0 fully saturated rings. The van der Waals surface area contributed by atoms with Crippen LogP contribution in [0.25, 0.3) is 0 Å². The van der Waals surface area contributed by atoms with Gasteiger partial charge in [0.2, 0.25) is 5.60 Å². The Hall–Kier alpha value is -2.27. The molecule has 1 N–H and O–H groups in total. The molecule has 3 rings (SSSR count). The summed E-state index contributed by atoms with van der Waals surface area (Å²) in [6.07, 6.45) is 0.361. The first kappa shape index (κ1) is 15.6. The monoisotopic (exact) mass is 332 g/mol. The fourth-order valence-electron chi connectivity index (χ4n) is 2.44. The summed E-state index contributed by atoms with van der Waals surface area (Å²) in [7, 11) is 0. The third kappa shape index (κ3) is 3.24. The second kappa shape index (κ2) is 6.08. The zero-order chi connectivity index (χ0) is 16.4. The largest absolute Gasteiger partial charge is 0.465 e. The van der Waals surface area contributed by atoms with Crippen molar-refractivity contribution >= 4 is 23.2 Å². The number of furan rings is 1. The lowest BCUT2D eigenvalue weighted by atomic mass is 9.95. The van der Waals surface area contributed by atoms with Crippen LogP contribution < -0.4 is 5.32 Å². The van der Waals surface area contributed by atoms with Crippen molar-refractivity contribution in [1.82, 2.24) is 5.32 Å². The van der Waals surface area contributed by atoms with E-state index in [1.54, 1.807) is 13.0 Å². The highest BCUT2D eigenvalue weighted by Crippen LogP contribution is 2.29. The molecular weight excluding hydrogens is 316 g/mol. The average Bonchev–Trinajstić information content (AvgIpc) is 3.12. The van der Waals surface area contributed by atoms with Crippen LogP contribution in [0, 0.1) is 6.92 Å². The van der Waals surface area contributed by atoms with Crippen LogP contribution in [0.4, 0.5) is 0 Å². The van der Waals surface area contributed by atoms with Gasteiger partial charge in [-0.2, -0.15) is 0 Å². The molecule has 1 aliphatic heterocycles. The molecule has 0 unspecified atom stereocenters. The summed E-state index contributed by atoms with van der Waals surface area (Å²) in [5.41, 5.74) is 0.408. The van der Waals surface area contributed by atoms with Crippen LogP contribution in [0.5, 0.6) is 0 Å². The zero-order valence-electron chi connectivity index (χ0n) is 12.9. The maximum atomic E-state index is 12.4. The first-order valence-electron chi connectivity index (χ1n) is 7.31. The number of hydrogen-bond acceptors (Lipinski definition) is 4. The van der Waals surface area contributed by atoms with Crippen LogP contribution in [0.15, 0.2) is 46.0 Å². The number of nitrogens with zero attached hydrogens (tertiary/aromatic N) is 1. The number of aryl methyl sites for hydroxylation is 1. The molecule has 2 aromatic rings. The van der Waals surface area contributed by atoms with Gasteiger partial charge in [-0.05, 0) is 32.0 Å². The number of rotatable bonds is 4. The van der Waals surface area contributed by atoms with Gasteiger partial charge < -0.3 is 14.6 Å². The maximum absolute atomic E-state index is 12.4. The molecule has 0 saturated carbocycles. The van der Waals surface area contributed by atoms with Crippen LogP contribution in [0.1, 0.15) is 30.4 Å². The van der Waals surface area contributed by atoms with E-state index in [1.807, 2.05) is 37.3 Å². The number of carbonyl (C=O) groups excluding carboxylic acids is 1. The van der Waals surface area contributed by atoms with Gasteiger partial charge in [-0.3, -0.25) is 4.79 Å². The van der Waals surface area contributed by atoms with Crippen LogP contribution >= 0.6 is 11.6 Å². The van der Waals surface area contributed by atoms with Crippen molar-refractivity contribution in [2.24, 2.45) is 5.16 Å². The maximum Gasteiger partial charge on any atom is 0.267 e. The molecule has 120 valence electrons. The summed E-state index contributed by atoms with van der Waals surface area (Å²) >= 11 is 6.17. The minimum atomic E-state index is -1.05. The summed E-state index contributed by atoms with van der Waals surface area (Å²) in [5.74, 6) is 1.27. The van der Waals surface area contributed by atoms with Gasteiger partial charge in [0.05, 0.1) is 12.3 Å². The van der Waals surface area contributed by atoms with Gasteiger partial charge in [0.25, 0.3) is 5.91 Å². The highest BCUT2D eigenvalue weighted by atomic mass is 35.5. The summed E-state index contributed by atoms with van der Waals surface area (Å²) < 4.78 is 5.43. The van der Waals surface area contributed by atoms with Gasteiger partial charge in [0.15, 0.2) is 0 Å². The molecule has 5 nitrogen and oxygen atoms in total. The molecule has 23 heavy (non-hydrogen) atoms. The molecule has 0 saturated heterocycles. The SMILES string of the molecule is Cc1ccc(CNC(=O)[C@]2(C)CC(c3ccccc3Cl)=NO2)o1. The van der Waals surface area contributed by atoms with Crippen LogP contribution in [-0.2, 0) is 16.2 Å². The molecule has 2 heterocycles. The lowest BCUT2D eigenvalue weighted by Crippen LogP contribution is -2.44. The smallest absolute Gasteiger partial charge is 0.267 e. The van der Waals surface area contributed by atoms with Crippen molar-refractivity contribution in [2.45, 2.75) is 32.4 Å². The highest BCUT2D eigenvalue weighted by Gasteiger charge is 2.42. The zero-order valence-corrected chi connectivity index (χ0v) is 13.7. The fraction of sp³-hybridized carbons (Fsp3) is 0.294. The van der Waals surface area contributed by atoms with E-state index in [-0.39, 0.29) is 5.91 Å². The van der Waals surface area contributed by atoms with Gasteiger partial charge in [-0.25, -0.2) is 0 Å². The van der Waals surface area contributed by atoms with E-state index in [9.17, 15) is 4.79 Å². The Kier molecular flexibility index (Phi) is 4.13. The van der Waals surface area contributed by atoms with E-state index in [1.165, 1.54) is 0 Å². The predicted molar refractivity (Wildman–Crippen MR) is 87.4 cm³/mol. The van der Waals surface area contributed by atoms with E-state index in [0.29, 0.717) is 29.5 Å². The number of benzene rings is 1. The Morgan fingerprint density at radius 1 is 1.35 bits per heavy atom. The van der Waals surface area contributed by atoms with Crippen molar-refractivity contribution in [3.63, 3.8) is 0 Å². The molecule has 0 bridgehead atoms. The van der Waals surface area contributed by atoms with Crippen LogP contribution in [0.3, 0.4) is 0 Å². The van der Waals surface area contributed by atoms with Gasteiger partial charge in [0, 0.05) is 17.0 Å². The van der Waals surface area contributed by atoms with Crippen LogP contribution in [0.2, 0.25) is 5.02 Å². The number of carbonyl (C=O) groups is 1. The number of amides is 1. The normalized spacial score (nSPS) is 20.0.